The van der Waals surface area contributed by atoms with E-state index >= 15 is 0 Å². The minimum absolute atomic E-state index is 0.682. The molecule has 0 aromatic heterocycles. The SMILES string of the molecule is O=CN1CCN(CCCl)CC1. The van der Waals surface area contributed by atoms with Crippen LogP contribution in [0, 0.1) is 0 Å². The first kappa shape index (κ1) is 8.81. The van der Waals surface area contributed by atoms with Gasteiger partial charge >= 0.3 is 0 Å². The quantitative estimate of drug-likeness (QED) is 0.447. The first-order valence-corrected chi connectivity index (χ1v) is 4.38. The predicted octanol–water partition coefficient (Wildman–Crippen LogP) is -0.000800. The van der Waals surface area contributed by atoms with Crippen LogP contribution in [0.5, 0.6) is 0 Å². The number of piperazine rings is 1. The van der Waals surface area contributed by atoms with Crippen molar-refractivity contribution in [3.8, 4) is 0 Å². The molecule has 1 aliphatic rings. The average molecular weight is 177 g/mol. The Bertz CT molecular complexity index is 124. The monoisotopic (exact) mass is 176 g/mol. The predicted molar refractivity (Wildman–Crippen MR) is 44.8 cm³/mol. The van der Waals surface area contributed by atoms with Gasteiger partial charge in [-0.3, -0.25) is 9.69 Å². The van der Waals surface area contributed by atoms with E-state index in [0.717, 1.165) is 39.1 Å². The average Bonchev–Trinajstić information content (AvgIpc) is 2.07. The van der Waals surface area contributed by atoms with Crippen LogP contribution in [0.1, 0.15) is 0 Å². The van der Waals surface area contributed by atoms with Crippen molar-refractivity contribution in [3.05, 3.63) is 0 Å². The summed E-state index contributed by atoms with van der Waals surface area (Å²) in [6, 6.07) is 0. The van der Waals surface area contributed by atoms with E-state index in [4.69, 9.17) is 11.6 Å². The van der Waals surface area contributed by atoms with Crippen LogP contribution in [0.25, 0.3) is 0 Å². The Morgan fingerprint density at radius 2 is 1.91 bits per heavy atom. The molecule has 1 fully saturated rings. The third kappa shape index (κ3) is 2.67. The third-order valence-corrected chi connectivity index (χ3v) is 2.13. The number of carbonyl (C=O) groups excluding carboxylic acids is 1. The second kappa shape index (κ2) is 4.57. The molecule has 1 saturated heterocycles. The van der Waals surface area contributed by atoms with Gasteiger partial charge in [-0.1, -0.05) is 0 Å². The van der Waals surface area contributed by atoms with E-state index in [1.807, 2.05) is 0 Å². The maximum atomic E-state index is 10.3. The number of halogens is 1. The van der Waals surface area contributed by atoms with Crippen LogP contribution in [0.3, 0.4) is 0 Å². The number of amides is 1. The van der Waals surface area contributed by atoms with Crippen LogP contribution in [0.2, 0.25) is 0 Å². The van der Waals surface area contributed by atoms with Crippen LogP contribution in [-0.4, -0.2) is 54.8 Å². The highest BCUT2D eigenvalue weighted by Gasteiger charge is 2.13. The van der Waals surface area contributed by atoms with Gasteiger partial charge in [0, 0.05) is 38.6 Å². The lowest BCUT2D eigenvalue weighted by Crippen LogP contribution is -2.46. The van der Waals surface area contributed by atoms with Crippen molar-refractivity contribution in [2.45, 2.75) is 0 Å². The van der Waals surface area contributed by atoms with Gasteiger partial charge in [0.1, 0.15) is 0 Å². The summed E-state index contributed by atoms with van der Waals surface area (Å²) in [7, 11) is 0. The summed E-state index contributed by atoms with van der Waals surface area (Å²) in [5.41, 5.74) is 0. The highest BCUT2D eigenvalue weighted by atomic mass is 35.5. The minimum Gasteiger partial charge on any atom is -0.343 e. The Morgan fingerprint density at radius 1 is 1.27 bits per heavy atom. The molecule has 0 atom stereocenters. The molecular weight excluding hydrogens is 164 g/mol. The van der Waals surface area contributed by atoms with Crippen LogP contribution in [0.4, 0.5) is 0 Å². The number of alkyl halides is 1. The van der Waals surface area contributed by atoms with Crippen molar-refractivity contribution in [2.75, 3.05) is 38.6 Å². The van der Waals surface area contributed by atoms with Crippen molar-refractivity contribution in [3.63, 3.8) is 0 Å². The molecule has 0 bridgehead atoms. The molecule has 64 valence electrons. The third-order valence-electron chi connectivity index (χ3n) is 1.96. The van der Waals surface area contributed by atoms with Crippen molar-refractivity contribution >= 4 is 18.0 Å². The van der Waals surface area contributed by atoms with Gasteiger partial charge in [0.05, 0.1) is 0 Å². The molecule has 3 nitrogen and oxygen atoms in total. The summed E-state index contributed by atoms with van der Waals surface area (Å²) in [4.78, 5) is 14.4. The lowest BCUT2D eigenvalue weighted by molar-refractivity contribution is -0.119. The summed E-state index contributed by atoms with van der Waals surface area (Å²) >= 11 is 5.58. The zero-order chi connectivity index (χ0) is 8.10. The number of hydrogen-bond acceptors (Lipinski definition) is 2. The van der Waals surface area contributed by atoms with E-state index < -0.39 is 0 Å². The molecule has 1 heterocycles. The molecule has 1 rings (SSSR count). The molecule has 0 aromatic carbocycles. The lowest BCUT2D eigenvalue weighted by Gasteiger charge is -2.31. The van der Waals surface area contributed by atoms with E-state index in [2.05, 4.69) is 4.90 Å². The van der Waals surface area contributed by atoms with E-state index in [-0.39, 0.29) is 0 Å². The van der Waals surface area contributed by atoms with Gasteiger partial charge in [-0.2, -0.15) is 0 Å². The highest BCUT2D eigenvalue weighted by molar-refractivity contribution is 6.18. The van der Waals surface area contributed by atoms with Gasteiger partial charge in [0.25, 0.3) is 0 Å². The second-order valence-corrected chi connectivity index (χ2v) is 3.05. The summed E-state index contributed by atoms with van der Waals surface area (Å²) in [5.74, 6) is 0.682. The van der Waals surface area contributed by atoms with Gasteiger partial charge in [-0.25, -0.2) is 0 Å². The fourth-order valence-electron chi connectivity index (χ4n) is 1.21. The Labute approximate surface area is 71.9 Å². The van der Waals surface area contributed by atoms with Crippen molar-refractivity contribution in [2.24, 2.45) is 0 Å². The fraction of sp³-hybridized carbons (Fsp3) is 0.857. The van der Waals surface area contributed by atoms with Gasteiger partial charge in [-0.15, -0.1) is 11.6 Å². The topological polar surface area (TPSA) is 23.6 Å². The molecule has 0 saturated carbocycles. The summed E-state index contributed by atoms with van der Waals surface area (Å²) in [6.07, 6.45) is 0.915. The largest absolute Gasteiger partial charge is 0.343 e. The standard InChI is InChI=1S/C7H13ClN2O/c8-1-2-9-3-5-10(7-11)6-4-9/h7H,1-6H2. The van der Waals surface area contributed by atoms with E-state index in [9.17, 15) is 4.79 Å². The zero-order valence-electron chi connectivity index (χ0n) is 6.50. The molecule has 0 unspecified atom stereocenters. The van der Waals surface area contributed by atoms with Crippen LogP contribution in [0.15, 0.2) is 0 Å². The molecule has 0 aromatic rings. The summed E-state index contributed by atoms with van der Waals surface area (Å²) in [6.45, 7) is 4.56. The summed E-state index contributed by atoms with van der Waals surface area (Å²) in [5, 5.41) is 0. The van der Waals surface area contributed by atoms with Crippen molar-refractivity contribution in [1.82, 2.24) is 9.80 Å². The number of nitrogens with zero attached hydrogens (tertiary/aromatic N) is 2. The number of hydrogen-bond donors (Lipinski definition) is 0. The van der Waals surface area contributed by atoms with Crippen LogP contribution >= 0.6 is 11.6 Å². The van der Waals surface area contributed by atoms with Crippen LogP contribution < -0.4 is 0 Å². The van der Waals surface area contributed by atoms with E-state index in [1.54, 1.807) is 4.90 Å². The molecule has 1 amide bonds. The fourth-order valence-corrected chi connectivity index (χ4v) is 1.45. The Morgan fingerprint density at radius 3 is 2.36 bits per heavy atom. The molecule has 0 radical (unpaired) electrons. The molecule has 0 spiro atoms. The number of rotatable bonds is 3. The lowest BCUT2D eigenvalue weighted by atomic mass is 10.3. The first-order chi connectivity index (χ1) is 5.36. The Balaban J connectivity index is 2.18. The van der Waals surface area contributed by atoms with Gasteiger partial charge in [-0.05, 0) is 0 Å². The molecule has 0 aliphatic carbocycles. The Hall–Kier alpha value is -0.280. The molecule has 1 aliphatic heterocycles. The zero-order valence-corrected chi connectivity index (χ0v) is 7.26. The summed E-state index contributed by atoms with van der Waals surface area (Å²) < 4.78 is 0. The van der Waals surface area contributed by atoms with Gasteiger partial charge in [0.2, 0.25) is 6.41 Å². The van der Waals surface area contributed by atoms with Crippen LogP contribution in [-0.2, 0) is 4.79 Å². The number of carbonyl (C=O) groups is 1. The van der Waals surface area contributed by atoms with Gasteiger partial charge < -0.3 is 4.90 Å². The minimum atomic E-state index is 0.682. The maximum absolute atomic E-state index is 10.3. The molecular formula is C7H13ClN2O. The molecule has 0 N–H and O–H groups in total. The highest BCUT2D eigenvalue weighted by Crippen LogP contribution is 1.98. The normalized spacial score (nSPS) is 20.3. The second-order valence-electron chi connectivity index (χ2n) is 2.67. The first-order valence-electron chi connectivity index (χ1n) is 3.84. The molecule has 4 heteroatoms. The van der Waals surface area contributed by atoms with E-state index in [0.29, 0.717) is 5.88 Å². The Kier molecular flexibility index (Phi) is 3.66. The van der Waals surface area contributed by atoms with Crippen molar-refractivity contribution < 1.29 is 4.79 Å². The van der Waals surface area contributed by atoms with E-state index in [1.165, 1.54) is 0 Å². The van der Waals surface area contributed by atoms with Gasteiger partial charge in [0.15, 0.2) is 0 Å². The smallest absolute Gasteiger partial charge is 0.209 e. The maximum Gasteiger partial charge on any atom is 0.209 e. The van der Waals surface area contributed by atoms with Crippen molar-refractivity contribution in [1.29, 1.82) is 0 Å². The molecule has 11 heavy (non-hydrogen) atoms.